The molecule has 14 heavy (non-hydrogen) atoms. The van der Waals surface area contributed by atoms with Gasteiger partial charge in [-0.05, 0) is 16.6 Å². The van der Waals surface area contributed by atoms with Gasteiger partial charge in [0.25, 0.3) is 8.95 Å². The van der Waals surface area contributed by atoms with Crippen LogP contribution in [0, 0.1) is 5.21 Å². The van der Waals surface area contributed by atoms with Crippen molar-refractivity contribution >= 4 is 69.6 Å². The molecule has 0 aliphatic rings. The van der Waals surface area contributed by atoms with Crippen molar-refractivity contribution < 1.29 is 4.73 Å². The molecule has 0 aliphatic carbocycles. The number of nitrogens with zero attached hydrogens (tertiary/aromatic N) is 2. The molecule has 0 radical (unpaired) electrons. The molecule has 0 amide bonds. The van der Waals surface area contributed by atoms with Crippen LogP contribution < -0.4 is 4.73 Å². The maximum absolute atomic E-state index is 11.3. The molecule has 0 bridgehead atoms. The van der Waals surface area contributed by atoms with Gasteiger partial charge >= 0.3 is 5.28 Å². The van der Waals surface area contributed by atoms with Crippen molar-refractivity contribution in [1.29, 1.82) is 0 Å². The Hall–Kier alpha value is 0.620. The van der Waals surface area contributed by atoms with Crippen molar-refractivity contribution in [2.75, 3.05) is 0 Å². The lowest BCUT2D eigenvalue weighted by Crippen LogP contribution is -2.38. The molecule has 0 saturated carbocycles. The van der Waals surface area contributed by atoms with E-state index in [0.717, 1.165) is 0 Å². The Bertz CT molecular complexity index is 349. The van der Waals surface area contributed by atoms with Gasteiger partial charge in [-0.2, -0.15) is 0 Å². The lowest BCUT2D eigenvalue weighted by atomic mass is 10.4. The Morgan fingerprint density at radius 2 is 1.64 bits per heavy atom. The second kappa shape index (κ2) is 4.24. The maximum atomic E-state index is 11.3. The van der Waals surface area contributed by atoms with Crippen LogP contribution in [0.4, 0.5) is 0 Å². The Kier molecular flexibility index (Phi) is 3.84. The van der Waals surface area contributed by atoms with Crippen molar-refractivity contribution in [3.8, 4) is 0 Å². The van der Waals surface area contributed by atoms with Crippen molar-refractivity contribution in [3.63, 3.8) is 0 Å². The standard InChI is InChI=1S/C5Cl6N2O/c6-1-2(5(9,10)11)13(14)4(8)12-3(1)7. The molecule has 0 spiro atoms. The molecule has 1 rings (SSSR count). The quantitative estimate of drug-likeness (QED) is 0.242. The fourth-order valence-electron chi connectivity index (χ4n) is 0.694. The Balaban J connectivity index is 3.56. The van der Waals surface area contributed by atoms with Gasteiger partial charge in [0.2, 0.25) is 0 Å². The van der Waals surface area contributed by atoms with Gasteiger partial charge in [-0.15, -0.1) is 0 Å². The molecule has 0 N–H and O–H groups in total. The molecule has 78 valence electrons. The Morgan fingerprint density at radius 1 is 1.14 bits per heavy atom. The number of hydrogen-bond acceptors (Lipinski definition) is 2. The van der Waals surface area contributed by atoms with E-state index in [1.807, 2.05) is 0 Å². The Morgan fingerprint density at radius 3 is 2.07 bits per heavy atom. The van der Waals surface area contributed by atoms with E-state index in [1.165, 1.54) is 0 Å². The van der Waals surface area contributed by atoms with Crippen LogP contribution in [0.3, 0.4) is 0 Å². The molecule has 0 fully saturated rings. The number of halogens is 6. The summed E-state index contributed by atoms with van der Waals surface area (Å²) in [6, 6.07) is 0. The summed E-state index contributed by atoms with van der Waals surface area (Å²) in [5, 5.41) is 10.4. The van der Waals surface area contributed by atoms with Gasteiger partial charge in [0.15, 0.2) is 10.7 Å². The second-order valence-electron chi connectivity index (χ2n) is 2.13. The smallest absolute Gasteiger partial charge is 0.401 e. The zero-order valence-corrected chi connectivity index (χ0v) is 10.6. The van der Waals surface area contributed by atoms with Crippen molar-refractivity contribution in [2.45, 2.75) is 3.79 Å². The fourth-order valence-corrected chi connectivity index (χ4v) is 2.00. The van der Waals surface area contributed by atoms with Gasteiger partial charge in [-0.1, -0.05) is 46.4 Å². The maximum Gasteiger partial charge on any atom is 0.401 e. The topological polar surface area (TPSA) is 39.8 Å². The van der Waals surface area contributed by atoms with Crippen LogP contribution >= 0.6 is 69.6 Å². The van der Waals surface area contributed by atoms with E-state index < -0.39 is 9.08 Å². The Labute approximate surface area is 109 Å². The first-order valence-electron chi connectivity index (χ1n) is 2.96. The molecule has 9 heteroatoms. The summed E-state index contributed by atoms with van der Waals surface area (Å²) in [5.41, 5.74) is -0.380. The van der Waals surface area contributed by atoms with Gasteiger partial charge in [-0.3, -0.25) is 0 Å². The minimum Gasteiger partial charge on any atom is -0.709 e. The summed E-state index contributed by atoms with van der Waals surface area (Å²) in [6.45, 7) is 0. The summed E-state index contributed by atoms with van der Waals surface area (Å²) in [7, 11) is 0. The second-order valence-corrected chi connectivity index (χ2v) is 5.48. The third-order valence-corrected chi connectivity index (χ3v) is 2.72. The van der Waals surface area contributed by atoms with Crippen LogP contribution in [-0.2, 0) is 3.79 Å². The van der Waals surface area contributed by atoms with E-state index in [9.17, 15) is 5.21 Å². The van der Waals surface area contributed by atoms with E-state index in [4.69, 9.17) is 69.6 Å². The van der Waals surface area contributed by atoms with Crippen LogP contribution in [0.25, 0.3) is 0 Å². The van der Waals surface area contributed by atoms with Gasteiger partial charge < -0.3 is 5.21 Å². The fraction of sp³-hybridized carbons (Fsp3) is 0.200. The number of rotatable bonds is 0. The third-order valence-electron chi connectivity index (χ3n) is 1.22. The first kappa shape index (κ1) is 12.7. The van der Waals surface area contributed by atoms with E-state index >= 15 is 0 Å². The summed E-state index contributed by atoms with van der Waals surface area (Å²) in [4.78, 5) is 3.42. The van der Waals surface area contributed by atoms with Crippen LogP contribution in [-0.4, -0.2) is 4.98 Å². The van der Waals surface area contributed by atoms with Gasteiger partial charge in [0, 0.05) is 11.6 Å². The summed E-state index contributed by atoms with van der Waals surface area (Å²) < 4.78 is -1.92. The highest BCUT2D eigenvalue weighted by atomic mass is 35.6. The minimum absolute atomic E-state index is 0.1000. The highest BCUT2D eigenvalue weighted by Crippen LogP contribution is 2.41. The summed E-state index contributed by atoms with van der Waals surface area (Å²) in [6.07, 6.45) is 0. The van der Waals surface area contributed by atoms with E-state index in [-0.39, 0.29) is 20.6 Å². The average molecular weight is 317 g/mol. The molecular weight excluding hydrogens is 317 g/mol. The minimum atomic E-state index is -2.02. The van der Waals surface area contributed by atoms with Gasteiger partial charge in [0.05, 0.1) is 0 Å². The normalized spacial score (nSPS) is 11.9. The van der Waals surface area contributed by atoms with Crippen LogP contribution in [0.2, 0.25) is 15.5 Å². The summed E-state index contributed by atoms with van der Waals surface area (Å²) in [5.74, 6) is 0. The lowest BCUT2D eigenvalue weighted by Gasteiger charge is -2.16. The van der Waals surface area contributed by atoms with Crippen LogP contribution in [0.1, 0.15) is 5.69 Å². The monoisotopic (exact) mass is 314 g/mol. The highest BCUT2D eigenvalue weighted by molar-refractivity contribution is 6.67. The first-order valence-corrected chi connectivity index (χ1v) is 5.23. The molecule has 0 atom stereocenters. The van der Waals surface area contributed by atoms with E-state index in [1.54, 1.807) is 0 Å². The summed E-state index contributed by atoms with van der Waals surface area (Å²) >= 11 is 33.1. The number of alkyl halides is 3. The zero-order valence-electron chi connectivity index (χ0n) is 6.07. The molecule has 0 aliphatic heterocycles. The molecule has 3 nitrogen and oxygen atoms in total. The molecule has 0 unspecified atom stereocenters. The van der Waals surface area contributed by atoms with E-state index in [0.29, 0.717) is 0 Å². The molecule has 1 aromatic rings. The van der Waals surface area contributed by atoms with Crippen molar-refractivity contribution in [3.05, 3.63) is 26.4 Å². The predicted octanol–water partition coefficient (Wildman–Crippen LogP) is 3.50. The largest absolute Gasteiger partial charge is 0.709 e. The highest BCUT2D eigenvalue weighted by Gasteiger charge is 2.36. The third kappa shape index (κ3) is 2.40. The van der Waals surface area contributed by atoms with E-state index in [2.05, 4.69) is 4.98 Å². The zero-order chi connectivity index (χ0) is 11.1. The molecule has 0 aromatic carbocycles. The first-order chi connectivity index (χ1) is 6.25. The SMILES string of the molecule is [O-][n+]1c(Cl)nc(Cl)c(Cl)c1C(Cl)(Cl)Cl. The van der Waals surface area contributed by atoms with Crippen molar-refractivity contribution in [2.24, 2.45) is 0 Å². The van der Waals surface area contributed by atoms with Gasteiger partial charge in [-0.25, -0.2) is 4.73 Å². The van der Waals surface area contributed by atoms with Crippen LogP contribution in [0.5, 0.6) is 0 Å². The molecular formula is C5Cl6N2O. The average Bonchev–Trinajstić information content (AvgIpc) is 1.98. The number of aromatic nitrogens is 2. The van der Waals surface area contributed by atoms with Crippen molar-refractivity contribution in [1.82, 2.24) is 4.98 Å². The lowest BCUT2D eigenvalue weighted by molar-refractivity contribution is -0.614. The predicted molar refractivity (Wildman–Crippen MR) is 57.5 cm³/mol. The molecule has 1 aromatic heterocycles. The van der Waals surface area contributed by atoms with Crippen LogP contribution in [0.15, 0.2) is 0 Å². The molecule has 0 saturated heterocycles. The molecule has 1 heterocycles. The van der Waals surface area contributed by atoms with Gasteiger partial charge in [0.1, 0.15) is 0 Å². The number of hydrogen-bond donors (Lipinski definition) is 0.